The Bertz CT molecular complexity index is 1020. The van der Waals surface area contributed by atoms with Crippen molar-refractivity contribution in [2.24, 2.45) is 0 Å². The molecule has 0 atom stereocenters. The summed E-state index contributed by atoms with van der Waals surface area (Å²) >= 11 is 1.46. The fourth-order valence-corrected chi connectivity index (χ4v) is 3.64. The summed E-state index contributed by atoms with van der Waals surface area (Å²) in [5, 5.41) is 11.4. The van der Waals surface area contributed by atoms with Crippen molar-refractivity contribution >= 4 is 23.4 Å². The van der Waals surface area contributed by atoms with Crippen molar-refractivity contribution in [1.29, 1.82) is 0 Å². The molecule has 0 spiro atoms. The molecule has 2 aromatic carbocycles. The number of thioether (sulfide) groups is 1. The van der Waals surface area contributed by atoms with Crippen molar-refractivity contribution in [1.82, 2.24) is 9.97 Å². The number of nitrogens with zero attached hydrogens (tertiary/aromatic N) is 3. The van der Waals surface area contributed by atoms with E-state index in [4.69, 9.17) is 4.74 Å². The highest BCUT2D eigenvalue weighted by Gasteiger charge is 2.14. The van der Waals surface area contributed by atoms with Crippen LogP contribution in [0.25, 0.3) is 0 Å². The first-order chi connectivity index (χ1) is 13.9. The second-order valence-electron chi connectivity index (χ2n) is 6.38. The third-order valence-electron chi connectivity index (χ3n) is 4.07. The molecule has 1 heterocycles. The van der Waals surface area contributed by atoms with Crippen molar-refractivity contribution in [2.75, 3.05) is 0 Å². The lowest BCUT2D eigenvalue weighted by Gasteiger charge is -2.10. The van der Waals surface area contributed by atoms with E-state index in [1.54, 1.807) is 24.3 Å². The average Bonchev–Trinajstić information content (AvgIpc) is 2.70. The van der Waals surface area contributed by atoms with Crippen LogP contribution < -0.4 is 0 Å². The SMILES string of the molecule is Cc1cc(C)nc(SCc2ccccc2C(=O)OCc2ccc([N+](=O)[O-])cc2)n1. The molecular weight excluding hydrogens is 390 g/mol. The molecule has 0 amide bonds. The van der Waals surface area contributed by atoms with Crippen LogP contribution in [-0.2, 0) is 17.1 Å². The largest absolute Gasteiger partial charge is 0.457 e. The maximum atomic E-state index is 12.6. The highest BCUT2D eigenvalue weighted by atomic mass is 32.2. The van der Waals surface area contributed by atoms with Gasteiger partial charge in [-0.25, -0.2) is 14.8 Å². The molecule has 1 aromatic heterocycles. The molecular formula is C21H19N3O4S. The highest BCUT2D eigenvalue weighted by Crippen LogP contribution is 2.23. The number of esters is 1. The number of hydrogen-bond donors (Lipinski definition) is 0. The average molecular weight is 409 g/mol. The number of carbonyl (C=O) groups excluding carboxylic acids is 1. The fraction of sp³-hybridized carbons (Fsp3) is 0.190. The maximum Gasteiger partial charge on any atom is 0.338 e. The van der Waals surface area contributed by atoms with Gasteiger partial charge in [-0.05, 0) is 49.2 Å². The summed E-state index contributed by atoms with van der Waals surface area (Å²) in [6, 6.07) is 15.1. The highest BCUT2D eigenvalue weighted by molar-refractivity contribution is 7.98. The van der Waals surface area contributed by atoms with E-state index in [1.165, 1.54) is 23.9 Å². The first-order valence-electron chi connectivity index (χ1n) is 8.86. The van der Waals surface area contributed by atoms with E-state index >= 15 is 0 Å². The lowest BCUT2D eigenvalue weighted by atomic mass is 10.1. The van der Waals surface area contributed by atoms with E-state index in [2.05, 4.69) is 9.97 Å². The number of benzene rings is 2. The Hall–Kier alpha value is -3.26. The Morgan fingerprint density at radius 3 is 2.38 bits per heavy atom. The molecule has 0 aliphatic rings. The summed E-state index contributed by atoms with van der Waals surface area (Å²) < 4.78 is 5.40. The van der Waals surface area contributed by atoms with Gasteiger partial charge < -0.3 is 4.74 Å². The zero-order valence-electron chi connectivity index (χ0n) is 16.0. The zero-order valence-corrected chi connectivity index (χ0v) is 16.8. The first kappa shape index (κ1) is 20.5. The quantitative estimate of drug-likeness (QED) is 0.184. The standard InChI is InChI=1S/C21H19N3O4S/c1-14-11-15(2)23-21(22-14)29-13-17-5-3-4-6-19(17)20(25)28-12-16-7-9-18(10-8-16)24(26)27/h3-11H,12-13H2,1-2H3. The Labute approximate surface area is 172 Å². The third-order valence-corrected chi connectivity index (χ3v) is 4.97. The normalized spacial score (nSPS) is 10.6. The number of aryl methyl sites for hydroxylation is 2. The van der Waals surface area contributed by atoms with Crippen LogP contribution in [0.3, 0.4) is 0 Å². The molecule has 0 aliphatic carbocycles. The molecule has 8 heteroatoms. The predicted octanol–water partition coefficient (Wildman–Crippen LogP) is 4.65. The molecule has 148 valence electrons. The minimum Gasteiger partial charge on any atom is -0.457 e. The zero-order chi connectivity index (χ0) is 20.8. The Kier molecular flexibility index (Phi) is 6.56. The predicted molar refractivity (Wildman–Crippen MR) is 110 cm³/mol. The van der Waals surface area contributed by atoms with Crippen molar-refractivity contribution in [3.63, 3.8) is 0 Å². The minimum atomic E-state index is -0.469. The summed E-state index contributed by atoms with van der Waals surface area (Å²) in [6.45, 7) is 3.88. The van der Waals surface area contributed by atoms with Crippen LogP contribution in [0.5, 0.6) is 0 Å². The van der Waals surface area contributed by atoms with Gasteiger partial charge in [0.2, 0.25) is 0 Å². The summed E-state index contributed by atoms with van der Waals surface area (Å²) in [7, 11) is 0. The van der Waals surface area contributed by atoms with Crippen molar-refractivity contribution < 1.29 is 14.5 Å². The summed E-state index contributed by atoms with van der Waals surface area (Å²) in [5.74, 6) is 0.0898. The van der Waals surface area contributed by atoms with Gasteiger partial charge in [-0.1, -0.05) is 30.0 Å². The first-order valence-corrected chi connectivity index (χ1v) is 9.84. The van der Waals surface area contributed by atoms with Crippen LogP contribution in [0, 0.1) is 24.0 Å². The number of rotatable bonds is 7. The number of aromatic nitrogens is 2. The molecule has 29 heavy (non-hydrogen) atoms. The molecule has 0 bridgehead atoms. The van der Waals surface area contributed by atoms with Gasteiger partial charge in [-0.15, -0.1) is 0 Å². The van der Waals surface area contributed by atoms with Crippen LogP contribution in [0.1, 0.15) is 32.9 Å². The number of nitro benzene ring substituents is 1. The molecule has 0 unspecified atom stereocenters. The summed E-state index contributed by atoms with van der Waals surface area (Å²) in [5.41, 5.74) is 3.78. The Balaban J connectivity index is 1.65. The van der Waals surface area contributed by atoms with Crippen LogP contribution in [0.2, 0.25) is 0 Å². The number of carbonyl (C=O) groups is 1. The molecule has 3 rings (SSSR count). The second kappa shape index (κ2) is 9.29. The Morgan fingerprint density at radius 2 is 1.72 bits per heavy atom. The van der Waals surface area contributed by atoms with Crippen LogP contribution >= 0.6 is 11.8 Å². The van der Waals surface area contributed by atoms with Gasteiger partial charge in [0.15, 0.2) is 5.16 Å². The molecule has 0 radical (unpaired) electrons. The van der Waals surface area contributed by atoms with Crippen LogP contribution in [-0.4, -0.2) is 20.9 Å². The van der Waals surface area contributed by atoms with Gasteiger partial charge in [0.05, 0.1) is 10.5 Å². The minimum absolute atomic E-state index is 0.00366. The van der Waals surface area contributed by atoms with Crippen molar-refractivity contribution in [3.8, 4) is 0 Å². The van der Waals surface area contributed by atoms with E-state index in [0.29, 0.717) is 22.0 Å². The smallest absolute Gasteiger partial charge is 0.338 e. The van der Waals surface area contributed by atoms with Crippen molar-refractivity contribution in [3.05, 3.63) is 92.8 Å². The van der Waals surface area contributed by atoms with Gasteiger partial charge in [-0.3, -0.25) is 10.1 Å². The van der Waals surface area contributed by atoms with Gasteiger partial charge >= 0.3 is 5.97 Å². The lowest BCUT2D eigenvalue weighted by Crippen LogP contribution is -2.08. The molecule has 0 fully saturated rings. The summed E-state index contributed by atoms with van der Waals surface area (Å²) in [4.78, 5) is 31.6. The molecule has 0 saturated carbocycles. The van der Waals surface area contributed by atoms with E-state index < -0.39 is 10.9 Å². The molecule has 7 nitrogen and oxygen atoms in total. The van der Waals surface area contributed by atoms with Crippen LogP contribution in [0.15, 0.2) is 59.8 Å². The third kappa shape index (κ3) is 5.61. The number of nitro groups is 1. The lowest BCUT2D eigenvalue weighted by molar-refractivity contribution is -0.384. The van der Waals surface area contributed by atoms with E-state index in [-0.39, 0.29) is 12.3 Å². The molecule has 0 aliphatic heterocycles. The number of ether oxygens (including phenoxy) is 1. The van der Waals surface area contributed by atoms with Crippen LogP contribution in [0.4, 0.5) is 5.69 Å². The van der Waals surface area contributed by atoms with E-state index in [0.717, 1.165) is 17.0 Å². The van der Waals surface area contributed by atoms with Crippen molar-refractivity contribution in [2.45, 2.75) is 31.4 Å². The summed E-state index contributed by atoms with van der Waals surface area (Å²) in [6.07, 6.45) is 0. The van der Waals surface area contributed by atoms with Gasteiger partial charge in [0, 0.05) is 29.3 Å². The van der Waals surface area contributed by atoms with Gasteiger partial charge in [0.25, 0.3) is 5.69 Å². The second-order valence-corrected chi connectivity index (χ2v) is 7.32. The monoisotopic (exact) mass is 409 g/mol. The van der Waals surface area contributed by atoms with Gasteiger partial charge in [0.1, 0.15) is 6.61 Å². The van der Waals surface area contributed by atoms with E-state index in [1.807, 2.05) is 32.0 Å². The van der Waals surface area contributed by atoms with Gasteiger partial charge in [-0.2, -0.15) is 0 Å². The van der Waals surface area contributed by atoms with E-state index in [9.17, 15) is 14.9 Å². The Morgan fingerprint density at radius 1 is 1.07 bits per heavy atom. The number of non-ortho nitro benzene ring substituents is 1. The number of hydrogen-bond acceptors (Lipinski definition) is 7. The molecule has 0 saturated heterocycles. The fourth-order valence-electron chi connectivity index (χ4n) is 2.69. The topological polar surface area (TPSA) is 95.2 Å². The molecule has 0 N–H and O–H groups in total. The maximum absolute atomic E-state index is 12.6. The molecule has 3 aromatic rings.